The first-order chi connectivity index (χ1) is 8.22. The molecule has 0 aliphatic carbocycles. The van der Waals surface area contributed by atoms with Crippen molar-refractivity contribution in [2.24, 2.45) is 0 Å². The Kier molecular flexibility index (Phi) is 6.23. The van der Waals surface area contributed by atoms with Gasteiger partial charge in [0.05, 0.1) is 0 Å². The highest BCUT2D eigenvalue weighted by molar-refractivity contribution is 5.81. The molecule has 0 heterocycles. The maximum Gasteiger partial charge on any atom is 0.137 e. The molecule has 0 N–H and O–H groups in total. The highest BCUT2D eigenvalue weighted by Crippen LogP contribution is 2.07. The first kappa shape index (κ1) is 13.6. The Labute approximate surface area is 103 Å². The van der Waals surface area contributed by atoms with Crippen LogP contribution < -0.4 is 0 Å². The fraction of sp³-hybridized carbons (Fsp3) is 0.467. The molecule has 0 aromatic heterocycles. The predicted octanol–water partition coefficient (Wildman–Crippen LogP) is 3.34. The summed E-state index contributed by atoms with van der Waals surface area (Å²) in [5.41, 5.74) is 1.07. The van der Waals surface area contributed by atoms with Gasteiger partial charge in [0.25, 0.3) is 0 Å². The number of hydrogen-bond acceptors (Lipinski definition) is 2. The summed E-state index contributed by atoms with van der Waals surface area (Å²) >= 11 is 0. The van der Waals surface area contributed by atoms with E-state index in [-0.39, 0.29) is 5.78 Å². The zero-order chi connectivity index (χ0) is 12.5. The summed E-state index contributed by atoms with van der Waals surface area (Å²) in [6.45, 7) is 1.88. The van der Waals surface area contributed by atoms with Crippen LogP contribution in [0, 0.1) is 0 Å². The number of rotatable bonds is 8. The number of carbonyl (C=O) groups excluding carboxylic acids is 2. The van der Waals surface area contributed by atoms with Gasteiger partial charge >= 0.3 is 0 Å². The lowest BCUT2D eigenvalue weighted by Gasteiger charge is -2.01. The zero-order valence-electron chi connectivity index (χ0n) is 10.4. The second-order valence-electron chi connectivity index (χ2n) is 4.30. The van der Waals surface area contributed by atoms with Gasteiger partial charge in [0.15, 0.2) is 0 Å². The molecule has 2 nitrogen and oxygen atoms in total. The molecule has 2 heteroatoms. The van der Waals surface area contributed by atoms with Crippen LogP contribution in [-0.4, -0.2) is 11.6 Å². The molecule has 0 unspecified atom stereocenters. The van der Waals surface area contributed by atoms with Crippen LogP contribution in [0.15, 0.2) is 30.3 Å². The Morgan fingerprint density at radius 2 is 1.53 bits per heavy atom. The van der Waals surface area contributed by atoms with E-state index in [0.717, 1.165) is 18.4 Å². The number of carbonyl (C=O) groups is 2. The van der Waals surface area contributed by atoms with E-state index in [0.29, 0.717) is 31.5 Å². The lowest BCUT2D eigenvalue weighted by atomic mass is 10.0. The van der Waals surface area contributed by atoms with Gasteiger partial charge in [-0.15, -0.1) is 0 Å². The van der Waals surface area contributed by atoms with Crippen molar-refractivity contribution in [2.45, 2.75) is 45.4 Å². The van der Waals surface area contributed by atoms with Crippen molar-refractivity contribution in [1.29, 1.82) is 0 Å². The van der Waals surface area contributed by atoms with E-state index in [1.54, 1.807) is 0 Å². The molecule has 92 valence electrons. The van der Waals surface area contributed by atoms with Crippen molar-refractivity contribution in [2.75, 3.05) is 0 Å². The van der Waals surface area contributed by atoms with Crippen molar-refractivity contribution < 1.29 is 9.59 Å². The molecule has 0 aliphatic heterocycles. The lowest BCUT2D eigenvalue weighted by molar-refractivity contribution is -0.120. The molecule has 0 saturated heterocycles. The summed E-state index contributed by atoms with van der Waals surface area (Å²) in [4.78, 5) is 22.7. The first-order valence-corrected chi connectivity index (χ1v) is 6.29. The number of hydrogen-bond donors (Lipinski definition) is 0. The third-order valence-corrected chi connectivity index (χ3v) is 2.80. The van der Waals surface area contributed by atoms with Crippen molar-refractivity contribution in [3.63, 3.8) is 0 Å². The first-order valence-electron chi connectivity index (χ1n) is 6.29. The van der Waals surface area contributed by atoms with Crippen molar-refractivity contribution in [1.82, 2.24) is 0 Å². The number of ketones is 2. The van der Waals surface area contributed by atoms with Crippen molar-refractivity contribution in [3.8, 4) is 0 Å². The van der Waals surface area contributed by atoms with Gasteiger partial charge in [-0.2, -0.15) is 0 Å². The maximum absolute atomic E-state index is 11.6. The van der Waals surface area contributed by atoms with Crippen molar-refractivity contribution in [3.05, 3.63) is 35.9 Å². The van der Waals surface area contributed by atoms with E-state index in [1.165, 1.54) is 0 Å². The van der Waals surface area contributed by atoms with Gasteiger partial charge in [-0.1, -0.05) is 37.3 Å². The Bertz CT molecular complexity index is 354. The number of unbranched alkanes of at least 4 members (excludes halogenated alkanes) is 1. The molecule has 0 bridgehead atoms. The second-order valence-corrected chi connectivity index (χ2v) is 4.30. The zero-order valence-corrected chi connectivity index (χ0v) is 10.4. The minimum Gasteiger partial charge on any atom is -0.300 e. The molecule has 0 atom stereocenters. The fourth-order valence-corrected chi connectivity index (χ4v) is 1.73. The van der Waals surface area contributed by atoms with Crippen LogP contribution in [0.4, 0.5) is 0 Å². The topological polar surface area (TPSA) is 34.1 Å². The van der Waals surface area contributed by atoms with Crippen LogP contribution in [0.2, 0.25) is 0 Å². The van der Waals surface area contributed by atoms with Gasteiger partial charge in [0.1, 0.15) is 11.6 Å². The number of benzene rings is 1. The molecule has 0 amide bonds. The lowest BCUT2D eigenvalue weighted by Crippen LogP contribution is -2.03. The maximum atomic E-state index is 11.6. The molecule has 1 aromatic carbocycles. The van der Waals surface area contributed by atoms with Crippen LogP contribution in [0.25, 0.3) is 0 Å². The normalized spacial score (nSPS) is 10.2. The van der Waals surface area contributed by atoms with Crippen LogP contribution in [0.5, 0.6) is 0 Å². The van der Waals surface area contributed by atoms with E-state index in [1.807, 2.05) is 37.3 Å². The molecule has 1 rings (SSSR count). The third-order valence-electron chi connectivity index (χ3n) is 2.80. The highest BCUT2D eigenvalue weighted by Gasteiger charge is 2.04. The van der Waals surface area contributed by atoms with Crippen LogP contribution in [-0.2, 0) is 16.0 Å². The SMILES string of the molecule is CCC(=O)CCCCC(=O)Cc1ccccc1. The Balaban J connectivity index is 2.16. The standard InChI is InChI=1S/C15H20O2/c1-2-14(16)10-6-7-11-15(17)12-13-8-4-3-5-9-13/h3-5,8-9H,2,6-7,10-12H2,1H3. The molecular formula is C15H20O2. The van der Waals surface area contributed by atoms with Crippen LogP contribution in [0.1, 0.15) is 44.6 Å². The molecule has 17 heavy (non-hydrogen) atoms. The Morgan fingerprint density at radius 3 is 2.12 bits per heavy atom. The van der Waals surface area contributed by atoms with Crippen molar-refractivity contribution >= 4 is 11.6 Å². The van der Waals surface area contributed by atoms with E-state index in [4.69, 9.17) is 0 Å². The Morgan fingerprint density at radius 1 is 0.941 bits per heavy atom. The van der Waals surface area contributed by atoms with Gasteiger partial charge in [0, 0.05) is 25.7 Å². The molecule has 0 radical (unpaired) electrons. The summed E-state index contributed by atoms with van der Waals surface area (Å²) in [6.07, 6.45) is 4.01. The second kappa shape index (κ2) is 7.77. The molecule has 0 spiro atoms. The monoisotopic (exact) mass is 232 g/mol. The average molecular weight is 232 g/mol. The van der Waals surface area contributed by atoms with E-state index >= 15 is 0 Å². The van der Waals surface area contributed by atoms with E-state index in [2.05, 4.69) is 0 Å². The summed E-state index contributed by atoms with van der Waals surface area (Å²) in [7, 11) is 0. The highest BCUT2D eigenvalue weighted by atomic mass is 16.1. The van der Waals surface area contributed by atoms with Gasteiger partial charge < -0.3 is 0 Å². The van der Waals surface area contributed by atoms with Gasteiger partial charge in [-0.05, 0) is 18.4 Å². The molecule has 0 fully saturated rings. The molecule has 0 aliphatic rings. The smallest absolute Gasteiger partial charge is 0.137 e. The molecular weight excluding hydrogens is 212 g/mol. The largest absolute Gasteiger partial charge is 0.300 e. The Hall–Kier alpha value is -1.44. The average Bonchev–Trinajstić information content (AvgIpc) is 2.35. The summed E-state index contributed by atoms with van der Waals surface area (Å²) in [6, 6.07) is 9.78. The van der Waals surface area contributed by atoms with E-state index in [9.17, 15) is 9.59 Å². The van der Waals surface area contributed by atoms with E-state index < -0.39 is 0 Å². The minimum absolute atomic E-state index is 0.264. The number of Topliss-reactive ketones (excluding diaryl/α,β-unsaturated/α-hetero) is 2. The van der Waals surface area contributed by atoms with Gasteiger partial charge in [0.2, 0.25) is 0 Å². The summed E-state index contributed by atoms with van der Waals surface area (Å²) in [5.74, 6) is 0.556. The summed E-state index contributed by atoms with van der Waals surface area (Å²) in [5, 5.41) is 0. The van der Waals surface area contributed by atoms with Gasteiger partial charge in [-0.3, -0.25) is 9.59 Å². The fourth-order valence-electron chi connectivity index (χ4n) is 1.73. The van der Waals surface area contributed by atoms with Crippen LogP contribution in [0.3, 0.4) is 0 Å². The third kappa shape index (κ3) is 6.00. The van der Waals surface area contributed by atoms with Gasteiger partial charge in [-0.25, -0.2) is 0 Å². The molecule has 0 saturated carbocycles. The van der Waals surface area contributed by atoms with Crippen LogP contribution >= 0.6 is 0 Å². The predicted molar refractivity (Wildman–Crippen MR) is 68.9 cm³/mol. The minimum atomic E-state index is 0.264. The molecule has 1 aromatic rings. The quantitative estimate of drug-likeness (QED) is 0.644. The summed E-state index contributed by atoms with van der Waals surface area (Å²) < 4.78 is 0.